The van der Waals surface area contributed by atoms with Crippen molar-refractivity contribution in [2.75, 3.05) is 0 Å². The Morgan fingerprint density at radius 3 is 1.36 bits per heavy atom. The first kappa shape index (κ1) is 19.2. The molecule has 0 radical (unpaired) electrons. The number of hydrogen-bond donors (Lipinski definition) is 2. The standard InChI is InChI=1S/C18H12F4N2O4/c19-13-11(17(25)23-7-9-3-1-5-27-9)14(20)16(22)12(15(13)21)18(26)24-8-10-4-2-6-28-10/h1-6H,7-8H2,(H,23,25)(H,24,26). The lowest BCUT2D eigenvalue weighted by Gasteiger charge is -2.12. The molecule has 0 atom stereocenters. The van der Waals surface area contributed by atoms with Crippen molar-refractivity contribution in [1.82, 2.24) is 10.6 Å². The Hall–Kier alpha value is -3.56. The SMILES string of the molecule is O=C(NCc1ccco1)c1c(F)c(F)c(C(=O)NCc2ccco2)c(F)c1F. The van der Waals surface area contributed by atoms with Gasteiger partial charge in [0.2, 0.25) is 0 Å². The molecule has 0 aliphatic heterocycles. The van der Waals surface area contributed by atoms with Crippen LogP contribution in [0.3, 0.4) is 0 Å². The van der Waals surface area contributed by atoms with Gasteiger partial charge in [0.15, 0.2) is 23.3 Å². The number of amides is 2. The van der Waals surface area contributed by atoms with Gasteiger partial charge in [-0.05, 0) is 24.3 Å². The van der Waals surface area contributed by atoms with Crippen molar-refractivity contribution in [1.29, 1.82) is 0 Å². The zero-order chi connectivity index (χ0) is 20.3. The highest BCUT2D eigenvalue weighted by Crippen LogP contribution is 2.24. The third-order valence-electron chi connectivity index (χ3n) is 3.72. The van der Waals surface area contributed by atoms with Crippen LogP contribution in [0.2, 0.25) is 0 Å². The normalized spacial score (nSPS) is 10.7. The van der Waals surface area contributed by atoms with Crippen molar-refractivity contribution in [2.45, 2.75) is 13.1 Å². The average molecular weight is 396 g/mol. The second-order valence-corrected chi connectivity index (χ2v) is 5.53. The number of nitrogens with one attached hydrogen (secondary N) is 2. The van der Waals surface area contributed by atoms with E-state index in [2.05, 4.69) is 10.6 Å². The van der Waals surface area contributed by atoms with E-state index in [1.165, 1.54) is 36.8 Å². The molecular formula is C18H12F4N2O4. The lowest BCUT2D eigenvalue weighted by Crippen LogP contribution is -2.30. The number of furan rings is 2. The van der Waals surface area contributed by atoms with Crippen molar-refractivity contribution in [3.63, 3.8) is 0 Å². The summed E-state index contributed by atoms with van der Waals surface area (Å²) in [5, 5.41) is 4.14. The minimum absolute atomic E-state index is 0.254. The maximum Gasteiger partial charge on any atom is 0.257 e. The molecule has 3 aromatic rings. The molecule has 0 saturated carbocycles. The Labute approximate surface area is 155 Å². The molecule has 28 heavy (non-hydrogen) atoms. The van der Waals surface area contributed by atoms with Crippen LogP contribution < -0.4 is 10.6 Å². The van der Waals surface area contributed by atoms with E-state index < -0.39 is 46.2 Å². The monoisotopic (exact) mass is 396 g/mol. The van der Waals surface area contributed by atoms with E-state index in [0.717, 1.165) is 0 Å². The van der Waals surface area contributed by atoms with E-state index in [1.807, 2.05) is 0 Å². The molecule has 0 saturated heterocycles. The quantitative estimate of drug-likeness (QED) is 0.495. The summed E-state index contributed by atoms with van der Waals surface area (Å²) in [6.07, 6.45) is 2.61. The van der Waals surface area contributed by atoms with E-state index in [4.69, 9.17) is 8.83 Å². The van der Waals surface area contributed by atoms with Crippen molar-refractivity contribution in [3.8, 4) is 0 Å². The molecule has 146 valence electrons. The van der Waals surface area contributed by atoms with Gasteiger partial charge in [0.25, 0.3) is 11.8 Å². The Morgan fingerprint density at radius 1 is 0.714 bits per heavy atom. The van der Waals surface area contributed by atoms with Crippen LogP contribution in [0, 0.1) is 23.3 Å². The van der Waals surface area contributed by atoms with E-state index in [0.29, 0.717) is 0 Å². The second-order valence-electron chi connectivity index (χ2n) is 5.53. The van der Waals surface area contributed by atoms with Crippen LogP contribution in [0.15, 0.2) is 45.6 Å². The minimum Gasteiger partial charge on any atom is -0.467 e. The van der Waals surface area contributed by atoms with E-state index in [1.54, 1.807) is 0 Å². The molecule has 2 amide bonds. The summed E-state index contributed by atoms with van der Waals surface area (Å²) in [7, 11) is 0. The van der Waals surface area contributed by atoms with Crippen LogP contribution in [0.25, 0.3) is 0 Å². The fourth-order valence-electron chi connectivity index (χ4n) is 2.37. The zero-order valence-corrected chi connectivity index (χ0v) is 14.0. The molecule has 0 spiro atoms. The summed E-state index contributed by atoms with van der Waals surface area (Å²) < 4.78 is 66.8. The third-order valence-corrected chi connectivity index (χ3v) is 3.72. The highest BCUT2D eigenvalue weighted by Gasteiger charge is 2.32. The van der Waals surface area contributed by atoms with Gasteiger partial charge in [0.1, 0.15) is 22.6 Å². The van der Waals surface area contributed by atoms with Gasteiger partial charge in [-0.2, -0.15) is 0 Å². The van der Waals surface area contributed by atoms with Crippen LogP contribution in [-0.4, -0.2) is 11.8 Å². The van der Waals surface area contributed by atoms with Gasteiger partial charge >= 0.3 is 0 Å². The summed E-state index contributed by atoms with van der Waals surface area (Å²) in [5.74, 6) is -10.3. The smallest absolute Gasteiger partial charge is 0.257 e. The maximum atomic E-state index is 14.2. The van der Waals surface area contributed by atoms with Gasteiger partial charge in [-0.25, -0.2) is 17.6 Å². The van der Waals surface area contributed by atoms with Gasteiger partial charge in [-0.3, -0.25) is 9.59 Å². The van der Waals surface area contributed by atoms with Crippen molar-refractivity contribution >= 4 is 11.8 Å². The number of carbonyl (C=O) groups is 2. The van der Waals surface area contributed by atoms with Crippen LogP contribution in [-0.2, 0) is 13.1 Å². The summed E-state index contributed by atoms with van der Waals surface area (Å²) in [6, 6.07) is 5.97. The van der Waals surface area contributed by atoms with E-state index >= 15 is 0 Å². The topological polar surface area (TPSA) is 84.5 Å². The third kappa shape index (κ3) is 3.75. The fourth-order valence-corrected chi connectivity index (χ4v) is 2.37. The Balaban J connectivity index is 1.83. The van der Waals surface area contributed by atoms with Crippen molar-refractivity contribution in [3.05, 3.63) is 82.7 Å². The Morgan fingerprint density at radius 2 is 1.07 bits per heavy atom. The van der Waals surface area contributed by atoms with Gasteiger partial charge in [0, 0.05) is 0 Å². The highest BCUT2D eigenvalue weighted by molar-refractivity contribution is 5.98. The molecule has 6 nitrogen and oxygen atoms in total. The molecule has 0 aliphatic carbocycles. The molecule has 2 aromatic heterocycles. The Bertz CT molecular complexity index is 891. The van der Waals surface area contributed by atoms with E-state index in [-0.39, 0.29) is 24.6 Å². The number of carbonyl (C=O) groups excluding carboxylic acids is 2. The first-order chi connectivity index (χ1) is 13.4. The molecule has 2 heterocycles. The largest absolute Gasteiger partial charge is 0.467 e. The second kappa shape index (κ2) is 7.99. The molecular weight excluding hydrogens is 384 g/mol. The van der Waals surface area contributed by atoms with E-state index in [9.17, 15) is 27.2 Å². The molecule has 0 aliphatic rings. The fraction of sp³-hybridized carbons (Fsp3) is 0.111. The van der Waals surface area contributed by atoms with Crippen LogP contribution >= 0.6 is 0 Å². The maximum absolute atomic E-state index is 14.2. The molecule has 0 unspecified atom stereocenters. The highest BCUT2D eigenvalue weighted by atomic mass is 19.2. The molecule has 3 rings (SSSR count). The molecule has 2 N–H and O–H groups in total. The zero-order valence-electron chi connectivity index (χ0n) is 14.0. The lowest BCUT2D eigenvalue weighted by molar-refractivity contribution is 0.0917. The van der Waals surface area contributed by atoms with Crippen LogP contribution in [0.4, 0.5) is 17.6 Å². The first-order valence-electron chi connectivity index (χ1n) is 7.87. The molecule has 1 aromatic carbocycles. The lowest BCUT2D eigenvalue weighted by atomic mass is 10.1. The molecule has 0 fully saturated rings. The van der Waals surface area contributed by atoms with Gasteiger partial charge in [0.05, 0.1) is 25.6 Å². The van der Waals surface area contributed by atoms with Crippen LogP contribution in [0.5, 0.6) is 0 Å². The van der Waals surface area contributed by atoms with Gasteiger partial charge in [-0.1, -0.05) is 0 Å². The van der Waals surface area contributed by atoms with Crippen molar-refractivity contribution in [2.24, 2.45) is 0 Å². The predicted octanol–water partition coefficient (Wildman–Crippen LogP) is 3.29. The van der Waals surface area contributed by atoms with Gasteiger partial charge in [-0.15, -0.1) is 0 Å². The summed E-state index contributed by atoms with van der Waals surface area (Å²) in [4.78, 5) is 23.9. The first-order valence-corrected chi connectivity index (χ1v) is 7.87. The summed E-state index contributed by atoms with van der Waals surface area (Å²) >= 11 is 0. The number of rotatable bonds is 6. The summed E-state index contributed by atoms with van der Waals surface area (Å²) in [6.45, 7) is -0.529. The number of benzene rings is 1. The molecule has 10 heteroatoms. The minimum atomic E-state index is -1.99. The van der Waals surface area contributed by atoms with Gasteiger partial charge < -0.3 is 19.5 Å². The number of hydrogen-bond acceptors (Lipinski definition) is 4. The Kier molecular flexibility index (Phi) is 5.48. The number of halogens is 4. The summed E-state index contributed by atoms with van der Waals surface area (Å²) in [5.41, 5.74) is -2.96. The average Bonchev–Trinajstić information content (AvgIpc) is 3.37. The predicted molar refractivity (Wildman–Crippen MR) is 86.0 cm³/mol. The van der Waals surface area contributed by atoms with Crippen molar-refractivity contribution < 1.29 is 36.0 Å². The van der Waals surface area contributed by atoms with Crippen LogP contribution in [0.1, 0.15) is 32.2 Å². The molecule has 0 bridgehead atoms.